The van der Waals surface area contributed by atoms with E-state index in [1.54, 1.807) is 86.0 Å². The van der Waals surface area contributed by atoms with Gasteiger partial charge in [0.25, 0.3) is 11.8 Å². The first kappa shape index (κ1) is 28.1. The Labute approximate surface area is 235 Å². The van der Waals surface area contributed by atoms with Crippen molar-refractivity contribution in [2.75, 3.05) is 23.5 Å². The van der Waals surface area contributed by atoms with Crippen LogP contribution in [-0.2, 0) is 9.59 Å². The van der Waals surface area contributed by atoms with Crippen molar-refractivity contribution in [2.24, 2.45) is 0 Å². The van der Waals surface area contributed by atoms with Gasteiger partial charge in [-0.1, -0.05) is 36.4 Å². The second kappa shape index (κ2) is 13.8. The smallest absolute Gasteiger partial charge is 0.272 e. The lowest BCUT2D eigenvalue weighted by Crippen LogP contribution is -2.30. The summed E-state index contributed by atoms with van der Waals surface area (Å²) in [5.41, 5.74) is 2.06. The van der Waals surface area contributed by atoms with Crippen molar-refractivity contribution in [3.63, 3.8) is 0 Å². The fraction of sp³-hybridized carbons (Fsp3) is 0.0645. The molecule has 0 aromatic heterocycles. The van der Waals surface area contributed by atoms with Gasteiger partial charge < -0.3 is 20.7 Å². The predicted molar refractivity (Wildman–Crippen MR) is 156 cm³/mol. The Kier molecular flexibility index (Phi) is 9.68. The van der Waals surface area contributed by atoms with Crippen LogP contribution in [0, 0.1) is 5.82 Å². The van der Waals surface area contributed by atoms with Gasteiger partial charge in [0.05, 0.1) is 12.9 Å². The molecule has 0 radical (unpaired) electrons. The molecule has 0 heterocycles. The van der Waals surface area contributed by atoms with Crippen molar-refractivity contribution in [2.45, 2.75) is 4.90 Å². The molecular weight excluding hydrogens is 529 g/mol. The quantitative estimate of drug-likeness (QED) is 0.165. The zero-order valence-corrected chi connectivity index (χ0v) is 22.3. The van der Waals surface area contributed by atoms with Gasteiger partial charge in [-0.3, -0.25) is 14.4 Å². The highest BCUT2D eigenvalue weighted by Crippen LogP contribution is 2.22. The molecule has 0 saturated heterocycles. The number of amides is 3. The molecule has 0 unspecified atom stereocenters. The van der Waals surface area contributed by atoms with Crippen molar-refractivity contribution >= 4 is 46.9 Å². The number of carbonyl (C=O) groups excluding carboxylic acids is 3. The number of nitrogens with one attached hydrogen (secondary N) is 3. The number of thioether (sulfide) groups is 1. The monoisotopic (exact) mass is 555 g/mol. The number of methoxy groups -OCH3 is 1. The molecule has 3 amide bonds. The Bertz CT molecular complexity index is 1510. The molecule has 202 valence electrons. The first-order valence-corrected chi connectivity index (χ1v) is 13.2. The highest BCUT2D eigenvalue weighted by molar-refractivity contribution is 8.00. The molecule has 40 heavy (non-hydrogen) atoms. The molecule has 0 aliphatic heterocycles. The van der Waals surface area contributed by atoms with Crippen LogP contribution in [0.2, 0.25) is 0 Å². The molecule has 0 aliphatic rings. The summed E-state index contributed by atoms with van der Waals surface area (Å²) in [7, 11) is 1.56. The third-order valence-corrected chi connectivity index (χ3v) is 6.56. The predicted octanol–water partition coefficient (Wildman–Crippen LogP) is 5.97. The molecule has 0 atom stereocenters. The maximum absolute atomic E-state index is 13.4. The van der Waals surface area contributed by atoms with E-state index >= 15 is 0 Å². The van der Waals surface area contributed by atoms with Crippen LogP contribution in [0.4, 0.5) is 15.8 Å². The molecule has 9 heteroatoms. The van der Waals surface area contributed by atoms with Crippen molar-refractivity contribution in [1.29, 1.82) is 0 Å². The first-order chi connectivity index (χ1) is 19.4. The highest BCUT2D eigenvalue weighted by atomic mass is 32.2. The second-order valence-electron chi connectivity index (χ2n) is 8.48. The van der Waals surface area contributed by atoms with Gasteiger partial charge in [-0.2, -0.15) is 0 Å². The fourth-order valence-corrected chi connectivity index (χ4v) is 4.25. The minimum absolute atomic E-state index is 0.00636. The SMILES string of the molecule is COc1cccc(NC(=O)CSc2ccc(NC(=O)/C(=C/c3ccc(F)cc3)NC(=O)c3ccccc3)cc2)c1. The van der Waals surface area contributed by atoms with Crippen LogP contribution in [0.15, 0.2) is 114 Å². The summed E-state index contributed by atoms with van der Waals surface area (Å²) in [6.45, 7) is 0. The second-order valence-corrected chi connectivity index (χ2v) is 9.53. The Hall–Kier alpha value is -4.89. The molecule has 4 rings (SSSR count). The number of anilines is 2. The molecule has 4 aromatic carbocycles. The van der Waals surface area contributed by atoms with E-state index in [0.717, 1.165) is 4.90 Å². The van der Waals surface area contributed by atoms with Crippen LogP contribution in [0.5, 0.6) is 5.75 Å². The van der Waals surface area contributed by atoms with Gasteiger partial charge in [-0.25, -0.2) is 4.39 Å². The summed E-state index contributed by atoms with van der Waals surface area (Å²) in [5, 5.41) is 8.25. The summed E-state index contributed by atoms with van der Waals surface area (Å²) in [4.78, 5) is 39.0. The molecule has 0 aliphatic carbocycles. The van der Waals surface area contributed by atoms with E-state index in [1.165, 1.54) is 42.1 Å². The number of hydrogen-bond acceptors (Lipinski definition) is 5. The topological polar surface area (TPSA) is 96.5 Å². The number of carbonyl (C=O) groups is 3. The maximum atomic E-state index is 13.4. The molecule has 4 aromatic rings. The minimum Gasteiger partial charge on any atom is -0.497 e. The van der Waals surface area contributed by atoms with E-state index in [-0.39, 0.29) is 17.4 Å². The van der Waals surface area contributed by atoms with Crippen molar-refractivity contribution in [1.82, 2.24) is 5.32 Å². The lowest BCUT2D eigenvalue weighted by atomic mass is 10.1. The zero-order valence-electron chi connectivity index (χ0n) is 21.5. The van der Waals surface area contributed by atoms with Crippen molar-refractivity contribution in [3.05, 3.63) is 126 Å². The molecular formula is C31H26FN3O4S. The molecule has 0 bridgehead atoms. The van der Waals surface area contributed by atoms with Gasteiger partial charge in [0, 0.05) is 27.9 Å². The summed E-state index contributed by atoms with van der Waals surface area (Å²) in [6, 6.07) is 28.1. The average molecular weight is 556 g/mol. The number of hydrogen-bond donors (Lipinski definition) is 3. The third-order valence-electron chi connectivity index (χ3n) is 5.55. The normalized spacial score (nSPS) is 10.9. The van der Waals surface area contributed by atoms with E-state index in [1.807, 2.05) is 0 Å². The van der Waals surface area contributed by atoms with E-state index in [2.05, 4.69) is 16.0 Å². The van der Waals surface area contributed by atoms with Gasteiger partial charge in [-0.05, 0) is 72.3 Å². The van der Waals surface area contributed by atoms with Crippen LogP contribution >= 0.6 is 11.8 Å². The van der Waals surface area contributed by atoms with Gasteiger partial charge in [-0.15, -0.1) is 11.8 Å². The molecule has 0 fully saturated rings. The Balaban J connectivity index is 1.39. The minimum atomic E-state index is -0.549. The Morgan fingerprint density at radius 3 is 2.25 bits per heavy atom. The summed E-state index contributed by atoms with van der Waals surface area (Å²) >= 11 is 1.35. The van der Waals surface area contributed by atoms with E-state index in [4.69, 9.17) is 4.74 Å². The molecule has 3 N–H and O–H groups in total. The van der Waals surface area contributed by atoms with Crippen LogP contribution < -0.4 is 20.7 Å². The summed E-state index contributed by atoms with van der Waals surface area (Å²) < 4.78 is 18.5. The average Bonchev–Trinajstić information content (AvgIpc) is 2.98. The maximum Gasteiger partial charge on any atom is 0.272 e. The lowest BCUT2D eigenvalue weighted by molar-refractivity contribution is -0.114. The zero-order chi connectivity index (χ0) is 28.3. The number of rotatable bonds is 10. The van der Waals surface area contributed by atoms with Crippen molar-refractivity contribution < 1.29 is 23.5 Å². The molecule has 7 nitrogen and oxygen atoms in total. The third kappa shape index (κ3) is 8.31. The largest absolute Gasteiger partial charge is 0.497 e. The van der Waals surface area contributed by atoms with Gasteiger partial charge in [0.15, 0.2) is 0 Å². The highest BCUT2D eigenvalue weighted by Gasteiger charge is 2.15. The molecule has 0 saturated carbocycles. The number of ether oxygens (including phenoxy) is 1. The van der Waals surface area contributed by atoms with E-state index < -0.39 is 17.6 Å². The fourth-order valence-electron chi connectivity index (χ4n) is 3.55. The van der Waals surface area contributed by atoms with Gasteiger partial charge in [0.2, 0.25) is 5.91 Å². The van der Waals surface area contributed by atoms with Crippen LogP contribution in [0.1, 0.15) is 15.9 Å². The standard InChI is InChI=1S/C31H26FN3O4S/c1-39-26-9-5-8-25(19-26)33-29(36)20-40-27-16-14-24(15-17-27)34-31(38)28(18-21-10-12-23(32)13-11-21)35-30(37)22-6-3-2-4-7-22/h2-19H,20H2,1H3,(H,33,36)(H,34,38)(H,35,37)/b28-18-. The van der Waals surface area contributed by atoms with Crippen molar-refractivity contribution in [3.8, 4) is 5.75 Å². The van der Waals surface area contributed by atoms with Crippen LogP contribution in [0.25, 0.3) is 6.08 Å². The summed E-state index contributed by atoms with van der Waals surface area (Å²) in [5.74, 6) is -0.736. The van der Waals surface area contributed by atoms with Crippen LogP contribution in [0.3, 0.4) is 0 Å². The molecule has 0 spiro atoms. The van der Waals surface area contributed by atoms with E-state index in [0.29, 0.717) is 28.3 Å². The number of benzene rings is 4. The van der Waals surface area contributed by atoms with Gasteiger partial charge in [0.1, 0.15) is 17.3 Å². The lowest BCUT2D eigenvalue weighted by Gasteiger charge is -2.12. The van der Waals surface area contributed by atoms with Gasteiger partial charge >= 0.3 is 0 Å². The summed E-state index contributed by atoms with van der Waals surface area (Å²) in [6.07, 6.45) is 1.47. The Morgan fingerprint density at radius 1 is 0.825 bits per heavy atom. The number of halogens is 1. The first-order valence-electron chi connectivity index (χ1n) is 12.2. The Morgan fingerprint density at radius 2 is 1.55 bits per heavy atom. The van der Waals surface area contributed by atoms with Crippen LogP contribution in [-0.4, -0.2) is 30.6 Å². The van der Waals surface area contributed by atoms with E-state index in [9.17, 15) is 18.8 Å².